The van der Waals surface area contributed by atoms with E-state index in [2.05, 4.69) is 20.4 Å². The fourth-order valence-electron chi connectivity index (χ4n) is 2.84. The minimum absolute atomic E-state index is 0.199. The minimum atomic E-state index is -4.43. The Kier molecular flexibility index (Phi) is 5.67. The molecule has 2 aromatic carbocycles. The van der Waals surface area contributed by atoms with Crippen LogP contribution in [-0.2, 0) is 17.5 Å². The topological polar surface area (TPSA) is 58.4 Å². The van der Waals surface area contributed by atoms with E-state index in [0.717, 1.165) is 35.1 Å². The number of alkyl halides is 3. The zero-order chi connectivity index (χ0) is 20.1. The van der Waals surface area contributed by atoms with E-state index in [4.69, 9.17) is 0 Å². The SMILES string of the molecule is CCn1cc(C=NNC(=O)CNc2cccc(C(F)(F)F)c2)c2ccccc21. The molecule has 0 saturated carbocycles. The van der Waals surface area contributed by atoms with Gasteiger partial charge in [-0.15, -0.1) is 0 Å². The molecule has 0 radical (unpaired) electrons. The van der Waals surface area contributed by atoms with Crippen molar-refractivity contribution in [2.75, 3.05) is 11.9 Å². The van der Waals surface area contributed by atoms with Gasteiger partial charge in [-0.3, -0.25) is 4.79 Å². The molecule has 5 nitrogen and oxygen atoms in total. The molecule has 3 rings (SSSR count). The fraction of sp³-hybridized carbons (Fsp3) is 0.200. The number of para-hydroxylation sites is 1. The Bertz CT molecular complexity index is 1010. The maximum Gasteiger partial charge on any atom is 0.416 e. The van der Waals surface area contributed by atoms with Gasteiger partial charge in [-0.2, -0.15) is 18.3 Å². The maximum absolute atomic E-state index is 12.7. The van der Waals surface area contributed by atoms with Crippen molar-refractivity contribution in [3.05, 3.63) is 65.9 Å². The summed E-state index contributed by atoms with van der Waals surface area (Å²) < 4.78 is 40.2. The van der Waals surface area contributed by atoms with Crippen molar-refractivity contribution in [3.63, 3.8) is 0 Å². The number of benzene rings is 2. The normalized spacial score (nSPS) is 11.9. The van der Waals surface area contributed by atoms with Crippen molar-refractivity contribution in [2.24, 2.45) is 5.10 Å². The van der Waals surface area contributed by atoms with E-state index < -0.39 is 17.6 Å². The summed E-state index contributed by atoms with van der Waals surface area (Å²) >= 11 is 0. The van der Waals surface area contributed by atoms with Crippen LogP contribution in [0.25, 0.3) is 10.9 Å². The lowest BCUT2D eigenvalue weighted by atomic mass is 10.2. The fourth-order valence-corrected chi connectivity index (χ4v) is 2.84. The van der Waals surface area contributed by atoms with Crippen LogP contribution in [0.5, 0.6) is 0 Å². The van der Waals surface area contributed by atoms with Crippen LogP contribution >= 0.6 is 0 Å². The second kappa shape index (κ2) is 8.16. The second-order valence-electron chi connectivity index (χ2n) is 6.11. The van der Waals surface area contributed by atoms with Gasteiger partial charge in [-0.05, 0) is 31.2 Å². The van der Waals surface area contributed by atoms with Crippen LogP contribution < -0.4 is 10.7 Å². The lowest BCUT2D eigenvalue weighted by Gasteiger charge is -2.09. The number of carbonyl (C=O) groups excluding carboxylic acids is 1. The Morgan fingerprint density at radius 3 is 2.71 bits per heavy atom. The van der Waals surface area contributed by atoms with Crippen LogP contribution in [0.3, 0.4) is 0 Å². The predicted octanol–water partition coefficient (Wildman–Crippen LogP) is 4.24. The molecule has 0 saturated heterocycles. The molecule has 0 aliphatic rings. The number of amides is 1. The summed E-state index contributed by atoms with van der Waals surface area (Å²) in [6.07, 6.45) is -0.931. The Hall–Kier alpha value is -3.29. The summed E-state index contributed by atoms with van der Waals surface area (Å²) in [4.78, 5) is 11.9. The van der Waals surface area contributed by atoms with E-state index in [0.29, 0.717) is 0 Å². The minimum Gasteiger partial charge on any atom is -0.376 e. The van der Waals surface area contributed by atoms with Crippen molar-refractivity contribution < 1.29 is 18.0 Å². The molecule has 3 aromatic rings. The summed E-state index contributed by atoms with van der Waals surface area (Å²) in [5.74, 6) is -0.465. The molecule has 0 aliphatic carbocycles. The largest absolute Gasteiger partial charge is 0.416 e. The first-order valence-corrected chi connectivity index (χ1v) is 8.69. The molecule has 1 heterocycles. The highest BCUT2D eigenvalue weighted by atomic mass is 19.4. The van der Waals surface area contributed by atoms with E-state index in [1.807, 2.05) is 37.4 Å². The van der Waals surface area contributed by atoms with Crippen molar-refractivity contribution in [3.8, 4) is 0 Å². The molecule has 0 bridgehead atoms. The number of nitrogens with one attached hydrogen (secondary N) is 2. The van der Waals surface area contributed by atoms with E-state index in [-0.39, 0.29) is 12.2 Å². The van der Waals surface area contributed by atoms with Crippen molar-refractivity contribution in [1.29, 1.82) is 0 Å². The van der Waals surface area contributed by atoms with Gasteiger partial charge in [0, 0.05) is 34.9 Å². The van der Waals surface area contributed by atoms with Gasteiger partial charge in [0.05, 0.1) is 18.3 Å². The van der Waals surface area contributed by atoms with E-state index >= 15 is 0 Å². The Labute approximate surface area is 159 Å². The number of hydrazone groups is 1. The lowest BCUT2D eigenvalue weighted by Crippen LogP contribution is -2.26. The quantitative estimate of drug-likeness (QED) is 0.490. The van der Waals surface area contributed by atoms with Crippen LogP contribution in [-0.4, -0.2) is 23.2 Å². The molecule has 8 heteroatoms. The average Bonchev–Trinajstić information content (AvgIpc) is 3.04. The summed E-state index contributed by atoms with van der Waals surface area (Å²) in [6.45, 7) is 2.64. The van der Waals surface area contributed by atoms with Crippen molar-refractivity contribution in [2.45, 2.75) is 19.6 Å². The number of carbonyl (C=O) groups is 1. The van der Waals surface area contributed by atoms with Crippen LogP contribution in [0.1, 0.15) is 18.1 Å². The maximum atomic E-state index is 12.7. The van der Waals surface area contributed by atoms with Gasteiger partial charge in [-0.1, -0.05) is 24.3 Å². The molecular weight excluding hydrogens is 369 g/mol. The predicted molar refractivity (Wildman–Crippen MR) is 103 cm³/mol. The Morgan fingerprint density at radius 2 is 1.96 bits per heavy atom. The van der Waals surface area contributed by atoms with Crippen LogP contribution in [0.4, 0.5) is 18.9 Å². The van der Waals surface area contributed by atoms with Gasteiger partial charge in [0.1, 0.15) is 0 Å². The first-order valence-electron chi connectivity index (χ1n) is 8.69. The number of aryl methyl sites for hydroxylation is 1. The highest BCUT2D eigenvalue weighted by Crippen LogP contribution is 2.30. The molecule has 0 spiro atoms. The van der Waals surface area contributed by atoms with Crippen LogP contribution in [0.15, 0.2) is 59.8 Å². The molecule has 0 fully saturated rings. The molecule has 1 amide bonds. The standard InChI is InChI=1S/C20H19F3N4O/c1-2-27-13-14(17-8-3-4-9-18(17)27)11-25-26-19(28)12-24-16-7-5-6-15(10-16)20(21,22)23/h3-11,13,24H,2,12H2,1H3,(H,26,28). The number of hydrogen-bond donors (Lipinski definition) is 2. The first-order chi connectivity index (χ1) is 13.4. The van der Waals surface area contributed by atoms with E-state index in [1.54, 1.807) is 6.21 Å². The van der Waals surface area contributed by atoms with Gasteiger partial charge in [0.15, 0.2) is 0 Å². The molecule has 0 unspecified atom stereocenters. The van der Waals surface area contributed by atoms with E-state index in [9.17, 15) is 18.0 Å². The zero-order valence-electron chi connectivity index (χ0n) is 15.1. The summed E-state index contributed by atoms with van der Waals surface area (Å²) in [5, 5.41) is 7.63. The average molecular weight is 388 g/mol. The van der Waals surface area contributed by atoms with Gasteiger partial charge in [-0.25, -0.2) is 5.43 Å². The van der Waals surface area contributed by atoms with Gasteiger partial charge < -0.3 is 9.88 Å². The molecular formula is C20H19F3N4O. The molecule has 146 valence electrons. The first kappa shape index (κ1) is 19.5. The molecule has 0 atom stereocenters. The van der Waals surface area contributed by atoms with Gasteiger partial charge in [0.2, 0.25) is 0 Å². The number of nitrogens with zero attached hydrogens (tertiary/aromatic N) is 2. The van der Waals surface area contributed by atoms with Crippen LogP contribution in [0.2, 0.25) is 0 Å². The molecule has 0 aliphatic heterocycles. The summed E-state index contributed by atoms with van der Waals surface area (Å²) in [7, 11) is 0. The number of aromatic nitrogens is 1. The zero-order valence-corrected chi connectivity index (χ0v) is 15.1. The Morgan fingerprint density at radius 1 is 1.18 bits per heavy atom. The molecule has 1 aromatic heterocycles. The third kappa shape index (κ3) is 4.51. The summed E-state index contributed by atoms with van der Waals surface area (Å²) in [5.41, 5.74) is 3.75. The number of anilines is 1. The number of hydrogen-bond acceptors (Lipinski definition) is 3. The second-order valence-corrected chi connectivity index (χ2v) is 6.11. The third-order valence-corrected chi connectivity index (χ3v) is 4.20. The molecule has 28 heavy (non-hydrogen) atoms. The summed E-state index contributed by atoms with van der Waals surface area (Å²) in [6, 6.07) is 12.5. The van der Waals surface area contributed by atoms with Crippen LogP contribution in [0, 0.1) is 0 Å². The highest BCUT2D eigenvalue weighted by molar-refractivity contribution is 5.99. The third-order valence-electron chi connectivity index (χ3n) is 4.20. The van der Waals surface area contributed by atoms with Gasteiger partial charge in [0.25, 0.3) is 5.91 Å². The number of halogens is 3. The lowest BCUT2D eigenvalue weighted by molar-refractivity contribution is -0.137. The van der Waals surface area contributed by atoms with E-state index in [1.165, 1.54) is 12.1 Å². The number of fused-ring (bicyclic) bond motifs is 1. The monoisotopic (exact) mass is 388 g/mol. The Balaban J connectivity index is 1.59. The van der Waals surface area contributed by atoms with Crippen molar-refractivity contribution in [1.82, 2.24) is 9.99 Å². The van der Waals surface area contributed by atoms with Gasteiger partial charge >= 0.3 is 6.18 Å². The smallest absolute Gasteiger partial charge is 0.376 e. The number of rotatable bonds is 6. The highest BCUT2D eigenvalue weighted by Gasteiger charge is 2.30. The van der Waals surface area contributed by atoms with Crippen molar-refractivity contribution >= 4 is 28.7 Å². The molecule has 2 N–H and O–H groups in total.